The summed E-state index contributed by atoms with van der Waals surface area (Å²) < 4.78 is 4.97. The predicted octanol–water partition coefficient (Wildman–Crippen LogP) is 2.34. The molecule has 2 heteroatoms. The van der Waals surface area contributed by atoms with Crippen LogP contribution >= 0.6 is 0 Å². The van der Waals surface area contributed by atoms with Gasteiger partial charge in [-0.05, 0) is 30.9 Å². The number of rotatable bonds is 5. The van der Waals surface area contributed by atoms with Gasteiger partial charge in [-0.25, -0.2) is 0 Å². The van der Waals surface area contributed by atoms with E-state index in [0.29, 0.717) is 6.04 Å². The van der Waals surface area contributed by atoms with Crippen LogP contribution in [0.4, 0.5) is 0 Å². The van der Waals surface area contributed by atoms with Crippen molar-refractivity contribution >= 4 is 0 Å². The highest BCUT2D eigenvalue weighted by molar-refractivity contribution is 5.05. The Hall–Kier alpha value is -0.760. The summed E-state index contributed by atoms with van der Waals surface area (Å²) in [7, 11) is 0. The molecule has 0 amide bonds. The number of aryl methyl sites for hydroxylation is 1. The van der Waals surface area contributed by atoms with Crippen LogP contribution in [0.15, 0.2) is 23.0 Å². The molecule has 0 aromatic carbocycles. The van der Waals surface area contributed by atoms with Crippen molar-refractivity contribution in [1.82, 2.24) is 0 Å². The minimum atomic E-state index is 0.352. The van der Waals surface area contributed by atoms with Gasteiger partial charge >= 0.3 is 0 Å². The Morgan fingerprint density at radius 1 is 1.50 bits per heavy atom. The van der Waals surface area contributed by atoms with Gasteiger partial charge in [-0.15, -0.1) is 0 Å². The highest BCUT2D eigenvalue weighted by Crippen LogP contribution is 2.07. The minimum absolute atomic E-state index is 0.352. The summed E-state index contributed by atoms with van der Waals surface area (Å²) in [6.07, 6.45) is 7.90. The second-order valence-electron chi connectivity index (χ2n) is 3.22. The van der Waals surface area contributed by atoms with E-state index in [-0.39, 0.29) is 0 Å². The molecule has 12 heavy (non-hydrogen) atoms. The zero-order valence-corrected chi connectivity index (χ0v) is 7.62. The van der Waals surface area contributed by atoms with E-state index in [1.807, 2.05) is 6.07 Å². The van der Waals surface area contributed by atoms with Crippen molar-refractivity contribution in [1.29, 1.82) is 0 Å². The van der Waals surface area contributed by atoms with Crippen LogP contribution in [0.1, 0.15) is 31.7 Å². The van der Waals surface area contributed by atoms with Crippen LogP contribution in [0, 0.1) is 0 Å². The lowest BCUT2D eigenvalue weighted by Gasteiger charge is -2.07. The molecule has 0 spiro atoms. The van der Waals surface area contributed by atoms with Gasteiger partial charge in [0.25, 0.3) is 0 Å². The van der Waals surface area contributed by atoms with Crippen LogP contribution in [0.5, 0.6) is 0 Å². The van der Waals surface area contributed by atoms with Gasteiger partial charge in [0.2, 0.25) is 0 Å². The Labute approximate surface area is 73.8 Å². The fourth-order valence-electron chi connectivity index (χ4n) is 1.30. The van der Waals surface area contributed by atoms with E-state index < -0.39 is 0 Å². The molecule has 1 rings (SSSR count). The molecule has 2 N–H and O–H groups in total. The smallest absolute Gasteiger partial charge is 0.0934 e. The summed E-state index contributed by atoms with van der Waals surface area (Å²) in [5, 5.41) is 0. The second kappa shape index (κ2) is 4.99. The molecule has 0 aliphatic heterocycles. The third kappa shape index (κ3) is 3.09. The molecular formula is C10H17NO. The predicted molar refractivity (Wildman–Crippen MR) is 49.9 cm³/mol. The van der Waals surface area contributed by atoms with Crippen LogP contribution in [0.2, 0.25) is 0 Å². The van der Waals surface area contributed by atoms with Gasteiger partial charge in [0.05, 0.1) is 12.5 Å². The van der Waals surface area contributed by atoms with Crippen molar-refractivity contribution in [2.45, 2.75) is 38.6 Å². The zero-order valence-electron chi connectivity index (χ0n) is 7.62. The lowest BCUT2D eigenvalue weighted by molar-refractivity contribution is 0.546. The van der Waals surface area contributed by atoms with E-state index in [2.05, 4.69) is 6.92 Å². The molecule has 2 nitrogen and oxygen atoms in total. The molecule has 1 aromatic heterocycles. The second-order valence-corrected chi connectivity index (χ2v) is 3.22. The number of hydrogen-bond acceptors (Lipinski definition) is 2. The normalized spacial score (nSPS) is 13.2. The third-order valence-corrected chi connectivity index (χ3v) is 2.04. The number of furan rings is 1. The van der Waals surface area contributed by atoms with Crippen molar-refractivity contribution in [3.8, 4) is 0 Å². The Morgan fingerprint density at radius 3 is 2.92 bits per heavy atom. The van der Waals surface area contributed by atoms with Gasteiger partial charge in [0, 0.05) is 6.04 Å². The van der Waals surface area contributed by atoms with Crippen molar-refractivity contribution in [3.63, 3.8) is 0 Å². The van der Waals surface area contributed by atoms with Crippen molar-refractivity contribution in [2.75, 3.05) is 0 Å². The summed E-state index contributed by atoms with van der Waals surface area (Å²) >= 11 is 0. The highest BCUT2D eigenvalue weighted by Gasteiger charge is 2.01. The van der Waals surface area contributed by atoms with E-state index in [1.54, 1.807) is 12.5 Å². The molecule has 68 valence electrons. The molecule has 0 fully saturated rings. The van der Waals surface area contributed by atoms with Gasteiger partial charge in [-0.2, -0.15) is 0 Å². The highest BCUT2D eigenvalue weighted by atomic mass is 16.3. The lowest BCUT2D eigenvalue weighted by atomic mass is 10.0. The topological polar surface area (TPSA) is 39.2 Å². The summed E-state index contributed by atoms with van der Waals surface area (Å²) in [5.41, 5.74) is 7.12. The Bertz CT molecular complexity index is 194. The SMILES string of the molecule is CCCC(N)CCc1ccoc1. The third-order valence-electron chi connectivity index (χ3n) is 2.04. The van der Waals surface area contributed by atoms with Crippen LogP contribution in [0.25, 0.3) is 0 Å². The largest absolute Gasteiger partial charge is 0.472 e. The van der Waals surface area contributed by atoms with Crippen LogP contribution in [-0.2, 0) is 6.42 Å². The first-order valence-electron chi connectivity index (χ1n) is 4.59. The summed E-state index contributed by atoms with van der Waals surface area (Å²) in [6, 6.07) is 2.35. The molecule has 1 atom stereocenters. The van der Waals surface area contributed by atoms with E-state index in [0.717, 1.165) is 19.3 Å². The maximum Gasteiger partial charge on any atom is 0.0934 e. The molecule has 0 aliphatic rings. The zero-order chi connectivity index (χ0) is 8.81. The first-order chi connectivity index (χ1) is 5.83. The summed E-state index contributed by atoms with van der Waals surface area (Å²) in [4.78, 5) is 0. The van der Waals surface area contributed by atoms with E-state index in [4.69, 9.17) is 10.2 Å². The van der Waals surface area contributed by atoms with E-state index in [9.17, 15) is 0 Å². The Balaban J connectivity index is 2.17. The van der Waals surface area contributed by atoms with Gasteiger partial charge in [0.1, 0.15) is 0 Å². The summed E-state index contributed by atoms with van der Waals surface area (Å²) in [6.45, 7) is 2.16. The number of hydrogen-bond donors (Lipinski definition) is 1. The fraction of sp³-hybridized carbons (Fsp3) is 0.600. The van der Waals surface area contributed by atoms with Crippen LogP contribution < -0.4 is 5.73 Å². The van der Waals surface area contributed by atoms with Gasteiger partial charge in [0.15, 0.2) is 0 Å². The van der Waals surface area contributed by atoms with Gasteiger partial charge < -0.3 is 10.2 Å². The van der Waals surface area contributed by atoms with Crippen LogP contribution in [0.3, 0.4) is 0 Å². The monoisotopic (exact) mass is 167 g/mol. The van der Waals surface area contributed by atoms with Crippen molar-refractivity contribution in [2.24, 2.45) is 5.73 Å². The molecule has 0 saturated carbocycles. The molecule has 1 aromatic rings. The van der Waals surface area contributed by atoms with Gasteiger partial charge in [-0.3, -0.25) is 0 Å². The Morgan fingerprint density at radius 2 is 2.33 bits per heavy atom. The quantitative estimate of drug-likeness (QED) is 0.731. The first kappa shape index (κ1) is 9.33. The first-order valence-corrected chi connectivity index (χ1v) is 4.59. The Kier molecular flexibility index (Phi) is 3.88. The molecule has 1 heterocycles. The minimum Gasteiger partial charge on any atom is -0.472 e. The van der Waals surface area contributed by atoms with Crippen molar-refractivity contribution in [3.05, 3.63) is 24.2 Å². The molecule has 1 unspecified atom stereocenters. The molecule has 0 aliphatic carbocycles. The maximum atomic E-state index is 5.87. The van der Waals surface area contributed by atoms with E-state index in [1.165, 1.54) is 12.0 Å². The lowest BCUT2D eigenvalue weighted by Crippen LogP contribution is -2.19. The van der Waals surface area contributed by atoms with Crippen molar-refractivity contribution < 1.29 is 4.42 Å². The van der Waals surface area contributed by atoms with E-state index >= 15 is 0 Å². The molecule has 0 saturated heterocycles. The standard InChI is InChI=1S/C10H17NO/c1-2-3-10(11)5-4-9-6-7-12-8-9/h6-8,10H,2-5,11H2,1H3. The average molecular weight is 167 g/mol. The molecule has 0 bridgehead atoms. The maximum absolute atomic E-state index is 5.87. The molecular weight excluding hydrogens is 150 g/mol. The average Bonchev–Trinajstić information content (AvgIpc) is 2.53. The van der Waals surface area contributed by atoms with Crippen LogP contribution in [-0.4, -0.2) is 6.04 Å². The fourth-order valence-corrected chi connectivity index (χ4v) is 1.30. The summed E-state index contributed by atoms with van der Waals surface area (Å²) in [5.74, 6) is 0. The molecule has 0 radical (unpaired) electrons. The number of nitrogens with two attached hydrogens (primary N) is 1. The van der Waals surface area contributed by atoms with Gasteiger partial charge in [-0.1, -0.05) is 13.3 Å².